The van der Waals surface area contributed by atoms with Crippen molar-refractivity contribution in [2.75, 3.05) is 0 Å². The second-order valence-corrected chi connectivity index (χ2v) is 5.53. The Labute approximate surface area is 109 Å². The first-order valence-corrected chi connectivity index (χ1v) is 6.72. The Morgan fingerprint density at radius 3 is 2.33 bits per heavy atom. The molecule has 1 aromatic carbocycles. The average molecular weight is 246 g/mol. The molecule has 0 aliphatic carbocycles. The van der Waals surface area contributed by atoms with E-state index in [0.29, 0.717) is 6.42 Å². The molecule has 18 heavy (non-hydrogen) atoms. The number of rotatable bonds is 3. The smallest absolute Gasteiger partial charge is 0.165 e. The average Bonchev–Trinajstić information content (AvgIpc) is 2.70. The number of hydrogen-bond donors (Lipinski definition) is 0. The van der Waals surface area contributed by atoms with Crippen LogP contribution in [0.5, 0.6) is 0 Å². The van der Waals surface area contributed by atoms with Gasteiger partial charge in [-0.05, 0) is 57.2 Å². The van der Waals surface area contributed by atoms with Gasteiger partial charge in [0.15, 0.2) is 5.78 Å². The zero-order chi connectivity index (χ0) is 13.3. The molecule has 0 N–H and O–H groups in total. The summed E-state index contributed by atoms with van der Waals surface area (Å²) in [6.45, 7) is 8.30. The summed E-state index contributed by atoms with van der Waals surface area (Å²) < 4.78 is 5.65. The van der Waals surface area contributed by atoms with Crippen LogP contribution < -0.4 is 0 Å². The van der Waals surface area contributed by atoms with E-state index >= 15 is 0 Å². The van der Waals surface area contributed by atoms with E-state index in [1.165, 1.54) is 22.3 Å². The maximum atomic E-state index is 12.2. The molecule has 1 aliphatic rings. The predicted octanol–water partition coefficient (Wildman–Crippen LogP) is 3.29. The van der Waals surface area contributed by atoms with Gasteiger partial charge in [0, 0.05) is 6.42 Å². The van der Waals surface area contributed by atoms with Crippen LogP contribution in [-0.4, -0.2) is 18.0 Å². The maximum absolute atomic E-state index is 12.2. The standard InChI is InChI=1S/C16H22O2/c1-10-7-11(2)14(12(3)8-10)9-15(17)16-6-5-13(4)18-16/h7-8,13,16H,5-6,9H2,1-4H3. The molecule has 0 radical (unpaired) electrons. The summed E-state index contributed by atoms with van der Waals surface area (Å²) in [5, 5.41) is 0. The van der Waals surface area contributed by atoms with Crippen molar-refractivity contribution in [1.82, 2.24) is 0 Å². The summed E-state index contributed by atoms with van der Waals surface area (Å²) in [6.07, 6.45) is 2.45. The minimum absolute atomic E-state index is 0.180. The molecule has 0 spiro atoms. The molecule has 0 saturated carbocycles. The molecule has 2 heteroatoms. The fourth-order valence-corrected chi connectivity index (χ4v) is 2.82. The third kappa shape index (κ3) is 2.81. The lowest BCUT2D eigenvalue weighted by Gasteiger charge is -2.14. The lowest BCUT2D eigenvalue weighted by molar-refractivity contribution is -0.128. The maximum Gasteiger partial charge on any atom is 0.165 e. The topological polar surface area (TPSA) is 26.3 Å². The van der Waals surface area contributed by atoms with Crippen LogP contribution in [0.2, 0.25) is 0 Å². The summed E-state index contributed by atoms with van der Waals surface area (Å²) in [5.41, 5.74) is 4.86. The number of ether oxygens (including phenoxy) is 1. The molecule has 2 atom stereocenters. The molecule has 0 aromatic heterocycles. The van der Waals surface area contributed by atoms with Gasteiger partial charge in [-0.2, -0.15) is 0 Å². The Balaban J connectivity index is 2.12. The molecule has 1 aliphatic heterocycles. The molecule has 0 bridgehead atoms. The molecule has 1 aromatic rings. The molecule has 98 valence electrons. The van der Waals surface area contributed by atoms with Crippen molar-refractivity contribution in [2.24, 2.45) is 0 Å². The minimum atomic E-state index is -0.180. The van der Waals surface area contributed by atoms with Gasteiger partial charge in [-0.25, -0.2) is 0 Å². The van der Waals surface area contributed by atoms with Crippen LogP contribution in [0.25, 0.3) is 0 Å². The normalized spacial score (nSPS) is 23.3. The number of Topliss-reactive ketones (excluding diaryl/α,β-unsaturated/α-hetero) is 1. The highest BCUT2D eigenvalue weighted by Gasteiger charge is 2.28. The predicted molar refractivity (Wildman–Crippen MR) is 72.9 cm³/mol. The Hall–Kier alpha value is -1.15. The zero-order valence-electron chi connectivity index (χ0n) is 11.7. The Kier molecular flexibility index (Phi) is 3.86. The van der Waals surface area contributed by atoms with Crippen molar-refractivity contribution in [3.8, 4) is 0 Å². The van der Waals surface area contributed by atoms with Crippen LogP contribution in [0.3, 0.4) is 0 Å². The number of carbonyl (C=O) groups excluding carboxylic acids is 1. The number of ketones is 1. The van der Waals surface area contributed by atoms with Gasteiger partial charge in [0.05, 0.1) is 6.10 Å². The Morgan fingerprint density at radius 2 is 1.83 bits per heavy atom. The third-order valence-electron chi connectivity index (χ3n) is 3.78. The largest absolute Gasteiger partial charge is 0.367 e. The first-order valence-electron chi connectivity index (χ1n) is 6.72. The molecule has 2 unspecified atom stereocenters. The van der Waals surface area contributed by atoms with Crippen LogP contribution in [-0.2, 0) is 16.0 Å². The quantitative estimate of drug-likeness (QED) is 0.818. The van der Waals surface area contributed by atoms with Gasteiger partial charge in [-0.15, -0.1) is 0 Å². The van der Waals surface area contributed by atoms with Crippen molar-refractivity contribution in [1.29, 1.82) is 0 Å². The van der Waals surface area contributed by atoms with E-state index in [1.54, 1.807) is 0 Å². The number of carbonyl (C=O) groups is 1. The summed E-state index contributed by atoms with van der Waals surface area (Å²) in [7, 11) is 0. The first kappa shape index (κ1) is 13.3. The molecule has 1 saturated heterocycles. The Morgan fingerprint density at radius 1 is 1.22 bits per heavy atom. The zero-order valence-corrected chi connectivity index (χ0v) is 11.7. The van der Waals surface area contributed by atoms with Crippen LogP contribution in [0.1, 0.15) is 42.0 Å². The monoisotopic (exact) mass is 246 g/mol. The van der Waals surface area contributed by atoms with E-state index < -0.39 is 0 Å². The van der Waals surface area contributed by atoms with E-state index in [0.717, 1.165) is 12.8 Å². The summed E-state index contributed by atoms with van der Waals surface area (Å²) in [6, 6.07) is 4.29. The van der Waals surface area contributed by atoms with Crippen LogP contribution in [0.15, 0.2) is 12.1 Å². The first-order chi connectivity index (χ1) is 8.47. The molecule has 2 rings (SSSR count). The van der Waals surface area contributed by atoms with Gasteiger partial charge in [-0.1, -0.05) is 17.7 Å². The van der Waals surface area contributed by atoms with E-state index in [2.05, 4.69) is 32.9 Å². The molecule has 1 fully saturated rings. The van der Waals surface area contributed by atoms with Crippen LogP contribution in [0.4, 0.5) is 0 Å². The van der Waals surface area contributed by atoms with Gasteiger partial charge < -0.3 is 4.74 Å². The fraction of sp³-hybridized carbons (Fsp3) is 0.562. The molecular formula is C16H22O2. The highest BCUT2D eigenvalue weighted by molar-refractivity contribution is 5.86. The van der Waals surface area contributed by atoms with Gasteiger partial charge in [0.1, 0.15) is 6.10 Å². The van der Waals surface area contributed by atoms with Crippen molar-refractivity contribution >= 4 is 5.78 Å². The van der Waals surface area contributed by atoms with Gasteiger partial charge in [-0.3, -0.25) is 4.79 Å². The van der Waals surface area contributed by atoms with Crippen LogP contribution >= 0.6 is 0 Å². The molecular weight excluding hydrogens is 224 g/mol. The lowest BCUT2D eigenvalue weighted by atomic mass is 9.94. The van der Waals surface area contributed by atoms with Crippen LogP contribution in [0, 0.1) is 20.8 Å². The molecule has 0 amide bonds. The number of hydrogen-bond acceptors (Lipinski definition) is 2. The third-order valence-corrected chi connectivity index (χ3v) is 3.78. The second kappa shape index (κ2) is 5.23. The van der Waals surface area contributed by atoms with E-state index in [1.807, 2.05) is 6.92 Å². The van der Waals surface area contributed by atoms with E-state index in [4.69, 9.17) is 4.74 Å². The second-order valence-electron chi connectivity index (χ2n) is 5.53. The van der Waals surface area contributed by atoms with E-state index in [9.17, 15) is 4.79 Å². The van der Waals surface area contributed by atoms with Crippen molar-refractivity contribution < 1.29 is 9.53 Å². The van der Waals surface area contributed by atoms with Crippen molar-refractivity contribution in [3.63, 3.8) is 0 Å². The SMILES string of the molecule is Cc1cc(C)c(CC(=O)C2CCC(C)O2)c(C)c1. The summed E-state index contributed by atoms with van der Waals surface area (Å²) in [4.78, 5) is 12.2. The van der Waals surface area contributed by atoms with E-state index in [-0.39, 0.29) is 18.0 Å². The van der Waals surface area contributed by atoms with Gasteiger partial charge >= 0.3 is 0 Å². The fourth-order valence-electron chi connectivity index (χ4n) is 2.82. The molecule has 1 heterocycles. The molecule has 2 nitrogen and oxygen atoms in total. The minimum Gasteiger partial charge on any atom is -0.367 e. The lowest BCUT2D eigenvalue weighted by Crippen LogP contribution is -2.23. The summed E-state index contributed by atoms with van der Waals surface area (Å²) >= 11 is 0. The van der Waals surface area contributed by atoms with Crippen molar-refractivity contribution in [2.45, 2.75) is 59.2 Å². The highest BCUT2D eigenvalue weighted by Crippen LogP contribution is 2.23. The summed E-state index contributed by atoms with van der Waals surface area (Å²) in [5.74, 6) is 0.231. The van der Waals surface area contributed by atoms with Gasteiger partial charge in [0.2, 0.25) is 0 Å². The highest BCUT2D eigenvalue weighted by atomic mass is 16.5. The Bertz CT molecular complexity index is 439. The number of aryl methyl sites for hydroxylation is 3. The van der Waals surface area contributed by atoms with Crippen molar-refractivity contribution in [3.05, 3.63) is 34.4 Å². The van der Waals surface area contributed by atoms with Gasteiger partial charge in [0.25, 0.3) is 0 Å². The number of benzene rings is 1.